The van der Waals surface area contributed by atoms with Gasteiger partial charge in [0.2, 0.25) is 5.91 Å². The Hall–Kier alpha value is -1.60. The molecule has 0 N–H and O–H groups in total. The first-order valence-electron chi connectivity index (χ1n) is 7.97. The fourth-order valence-corrected chi connectivity index (χ4v) is 5.01. The Morgan fingerprint density at radius 2 is 2.17 bits per heavy atom. The maximum absolute atomic E-state index is 12.7. The van der Waals surface area contributed by atoms with Crippen LogP contribution in [0.4, 0.5) is 5.69 Å². The van der Waals surface area contributed by atoms with E-state index >= 15 is 0 Å². The lowest BCUT2D eigenvalue weighted by atomic mass is 10.2. The number of ether oxygens (including phenoxy) is 1. The molecular formula is C16H22N2O4S. The molecule has 0 aromatic heterocycles. The third kappa shape index (κ3) is 3.50. The van der Waals surface area contributed by atoms with Crippen LogP contribution < -0.4 is 9.64 Å². The van der Waals surface area contributed by atoms with E-state index in [2.05, 4.69) is 0 Å². The Bertz CT molecular complexity index is 689. The van der Waals surface area contributed by atoms with Crippen LogP contribution in [0.15, 0.2) is 24.3 Å². The van der Waals surface area contributed by atoms with E-state index in [0.717, 1.165) is 11.4 Å². The van der Waals surface area contributed by atoms with Crippen LogP contribution >= 0.6 is 0 Å². The van der Waals surface area contributed by atoms with E-state index in [4.69, 9.17) is 4.74 Å². The first-order chi connectivity index (χ1) is 11.0. The monoisotopic (exact) mass is 338 g/mol. The molecule has 1 atom stereocenters. The first-order valence-corrected chi connectivity index (χ1v) is 9.79. The van der Waals surface area contributed by atoms with Gasteiger partial charge in [-0.25, -0.2) is 8.42 Å². The molecule has 1 aromatic carbocycles. The molecule has 1 fully saturated rings. The van der Waals surface area contributed by atoms with Gasteiger partial charge in [0.25, 0.3) is 0 Å². The highest BCUT2D eigenvalue weighted by atomic mass is 32.2. The van der Waals surface area contributed by atoms with Crippen molar-refractivity contribution < 1.29 is 17.9 Å². The molecule has 23 heavy (non-hydrogen) atoms. The number of carbonyl (C=O) groups is 1. The van der Waals surface area contributed by atoms with Crippen molar-refractivity contribution in [1.29, 1.82) is 0 Å². The van der Waals surface area contributed by atoms with Gasteiger partial charge in [-0.1, -0.05) is 19.1 Å². The van der Waals surface area contributed by atoms with Crippen LogP contribution in [0.25, 0.3) is 0 Å². The minimum Gasteiger partial charge on any atom is -0.490 e. The van der Waals surface area contributed by atoms with Crippen molar-refractivity contribution in [1.82, 2.24) is 4.90 Å². The molecule has 3 rings (SSSR count). The molecular weight excluding hydrogens is 316 g/mol. The largest absolute Gasteiger partial charge is 0.490 e. The molecule has 0 aliphatic carbocycles. The van der Waals surface area contributed by atoms with E-state index in [1.54, 1.807) is 4.90 Å². The maximum atomic E-state index is 12.7. The Kier molecular flexibility index (Phi) is 4.59. The summed E-state index contributed by atoms with van der Waals surface area (Å²) in [4.78, 5) is 16.4. The number of hydrogen-bond donors (Lipinski definition) is 0. The molecule has 1 saturated heterocycles. The smallest absolute Gasteiger partial charge is 0.241 e. The summed E-state index contributed by atoms with van der Waals surface area (Å²) in [6.07, 6.45) is 0.614. The summed E-state index contributed by atoms with van der Waals surface area (Å²) >= 11 is 0. The molecule has 0 bridgehead atoms. The fourth-order valence-electron chi connectivity index (χ4n) is 3.25. The second kappa shape index (κ2) is 6.49. The first kappa shape index (κ1) is 16.3. The number of rotatable bonds is 4. The summed E-state index contributed by atoms with van der Waals surface area (Å²) in [7, 11) is -2.95. The van der Waals surface area contributed by atoms with Crippen molar-refractivity contribution in [2.24, 2.45) is 0 Å². The number of amides is 1. The zero-order chi connectivity index (χ0) is 16.4. The average molecular weight is 338 g/mol. The minimum atomic E-state index is -2.95. The molecule has 2 heterocycles. The van der Waals surface area contributed by atoms with Crippen molar-refractivity contribution in [3.05, 3.63) is 24.3 Å². The van der Waals surface area contributed by atoms with Crippen LogP contribution in [0.2, 0.25) is 0 Å². The maximum Gasteiger partial charge on any atom is 0.241 e. The number of carbonyl (C=O) groups excluding carboxylic acids is 1. The van der Waals surface area contributed by atoms with Gasteiger partial charge in [-0.2, -0.15) is 0 Å². The number of likely N-dealkylation sites (N-methyl/N-ethyl adjacent to an activating group) is 1. The second-order valence-corrected chi connectivity index (χ2v) is 8.21. The molecule has 1 amide bonds. The van der Waals surface area contributed by atoms with Gasteiger partial charge in [0.15, 0.2) is 9.84 Å². The summed E-state index contributed by atoms with van der Waals surface area (Å²) < 4.78 is 28.9. The zero-order valence-corrected chi connectivity index (χ0v) is 14.1. The van der Waals surface area contributed by atoms with Crippen LogP contribution in [-0.2, 0) is 14.6 Å². The molecule has 0 radical (unpaired) electrons. The highest BCUT2D eigenvalue weighted by Gasteiger charge is 2.33. The summed E-state index contributed by atoms with van der Waals surface area (Å²) in [5.41, 5.74) is 0.791. The predicted molar refractivity (Wildman–Crippen MR) is 88.6 cm³/mol. The van der Waals surface area contributed by atoms with E-state index in [9.17, 15) is 13.2 Å². The predicted octanol–water partition coefficient (Wildman–Crippen LogP) is 0.921. The van der Waals surface area contributed by atoms with Gasteiger partial charge in [0.1, 0.15) is 12.4 Å². The van der Waals surface area contributed by atoms with Crippen LogP contribution in [0, 0.1) is 0 Å². The molecule has 7 heteroatoms. The number of fused-ring (bicyclic) bond motifs is 1. The Morgan fingerprint density at radius 3 is 2.87 bits per heavy atom. The Balaban J connectivity index is 1.71. The number of hydrogen-bond acceptors (Lipinski definition) is 5. The van der Waals surface area contributed by atoms with E-state index < -0.39 is 9.84 Å². The summed E-state index contributed by atoms with van der Waals surface area (Å²) in [6, 6.07) is 7.45. The lowest BCUT2D eigenvalue weighted by Crippen LogP contribution is -2.47. The lowest BCUT2D eigenvalue weighted by molar-refractivity contribution is -0.120. The van der Waals surface area contributed by atoms with Crippen LogP contribution in [0.5, 0.6) is 5.75 Å². The summed E-state index contributed by atoms with van der Waals surface area (Å²) in [5.74, 6) is 1.10. The quantitative estimate of drug-likeness (QED) is 0.817. The molecule has 126 valence electrons. The van der Waals surface area contributed by atoms with Gasteiger partial charge in [-0.3, -0.25) is 9.69 Å². The Labute approximate surface area is 136 Å². The second-order valence-electron chi connectivity index (χ2n) is 5.98. The highest BCUT2D eigenvalue weighted by Crippen LogP contribution is 2.31. The molecule has 2 aliphatic heterocycles. The van der Waals surface area contributed by atoms with E-state index in [1.165, 1.54) is 0 Å². The molecule has 1 aromatic rings. The average Bonchev–Trinajstić information content (AvgIpc) is 2.91. The zero-order valence-electron chi connectivity index (χ0n) is 13.3. The van der Waals surface area contributed by atoms with Crippen molar-refractivity contribution in [2.75, 3.05) is 42.6 Å². The van der Waals surface area contributed by atoms with Crippen LogP contribution in [0.3, 0.4) is 0 Å². The fraction of sp³-hybridized carbons (Fsp3) is 0.562. The van der Waals surface area contributed by atoms with Crippen LogP contribution in [-0.4, -0.2) is 63.0 Å². The number of sulfone groups is 1. The van der Waals surface area contributed by atoms with Gasteiger partial charge in [0.05, 0.1) is 30.3 Å². The number of para-hydroxylation sites is 2. The van der Waals surface area contributed by atoms with Gasteiger partial charge >= 0.3 is 0 Å². The number of anilines is 1. The van der Waals surface area contributed by atoms with Gasteiger partial charge < -0.3 is 9.64 Å². The summed E-state index contributed by atoms with van der Waals surface area (Å²) in [5, 5.41) is 0. The number of nitrogens with zero attached hydrogens (tertiary/aromatic N) is 2. The van der Waals surface area contributed by atoms with Gasteiger partial charge in [0, 0.05) is 6.04 Å². The van der Waals surface area contributed by atoms with Crippen molar-refractivity contribution in [2.45, 2.75) is 19.4 Å². The van der Waals surface area contributed by atoms with E-state index in [-0.39, 0.29) is 30.0 Å². The topological polar surface area (TPSA) is 66.9 Å². The molecule has 0 spiro atoms. The standard InChI is InChI=1S/C16H22N2O4S/c1-2-17(13-7-10-23(20,21)12-13)11-16(19)18-8-9-22-15-6-4-3-5-14(15)18/h3-6,13H,2,7-12H2,1H3. The third-order valence-electron chi connectivity index (χ3n) is 4.50. The van der Waals surface area contributed by atoms with E-state index in [1.807, 2.05) is 36.1 Å². The minimum absolute atomic E-state index is 0.00750. The van der Waals surface area contributed by atoms with Crippen LogP contribution in [0.1, 0.15) is 13.3 Å². The lowest BCUT2D eigenvalue weighted by Gasteiger charge is -2.33. The van der Waals surface area contributed by atoms with Gasteiger partial charge in [-0.15, -0.1) is 0 Å². The Morgan fingerprint density at radius 1 is 1.39 bits per heavy atom. The molecule has 6 nitrogen and oxygen atoms in total. The highest BCUT2D eigenvalue weighted by molar-refractivity contribution is 7.91. The van der Waals surface area contributed by atoms with Gasteiger partial charge in [-0.05, 0) is 25.1 Å². The molecule has 0 saturated carbocycles. The normalized spacial score (nSPS) is 22.7. The van der Waals surface area contributed by atoms with Crippen molar-refractivity contribution in [3.8, 4) is 5.75 Å². The van der Waals surface area contributed by atoms with Crippen molar-refractivity contribution >= 4 is 21.4 Å². The SMILES string of the molecule is CCN(CC(=O)N1CCOc2ccccc21)C1CCS(=O)(=O)C1. The third-order valence-corrected chi connectivity index (χ3v) is 6.25. The molecule has 2 aliphatic rings. The number of benzene rings is 1. The molecule has 1 unspecified atom stereocenters. The summed E-state index contributed by atoms with van der Waals surface area (Å²) in [6.45, 7) is 3.87. The van der Waals surface area contributed by atoms with Crippen molar-refractivity contribution in [3.63, 3.8) is 0 Å². The van der Waals surface area contributed by atoms with E-state index in [0.29, 0.717) is 26.1 Å².